The summed E-state index contributed by atoms with van der Waals surface area (Å²) in [6, 6.07) is 63.0. The second-order valence-corrected chi connectivity index (χ2v) is 14.0. The third-order valence-corrected chi connectivity index (χ3v) is 10.9. The largest absolute Gasteiger partial charge is 0.455 e. The molecular weight excluding hydrogens is 655 g/mol. The monoisotopic (exact) mass is 691 g/mol. The van der Waals surface area contributed by atoms with Gasteiger partial charge in [-0.15, -0.1) is 0 Å². The Morgan fingerprint density at radius 1 is 0.463 bits per heavy atom. The lowest BCUT2D eigenvalue weighted by Gasteiger charge is -2.36. The third kappa shape index (κ3) is 5.52. The average molecular weight is 692 g/mol. The minimum absolute atomic E-state index is 0.119. The van der Waals surface area contributed by atoms with E-state index in [1.807, 2.05) is 12.1 Å². The van der Waals surface area contributed by atoms with Gasteiger partial charge < -0.3 is 9.32 Å². The van der Waals surface area contributed by atoms with Crippen molar-refractivity contribution in [3.63, 3.8) is 0 Å². The van der Waals surface area contributed by atoms with E-state index in [0.717, 1.165) is 50.1 Å². The summed E-state index contributed by atoms with van der Waals surface area (Å²) in [4.78, 5) is 2.46. The lowest BCUT2D eigenvalue weighted by Crippen LogP contribution is -2.22. The zero-order valence-electron chi connectivity index (χ0n) is 29.7. The molecule has 2 aliphatic rings. The summed E-state index contributed by atoms with van der Waals surface area (Å²) in [6.07, 6.45) is 13.7. The number of hydrogen-bond acceptors (Lipinski definition) is 2. The Labute approximate surface area is 316 Å². The van der Waals surface area contributed by atoms with Gasteiger partial charge in [0.05, 0.1) is 5.69 Å². The van der Waals surface area contributed by atoms with E-state index >= 15 is 0 Å². The lowest BCUT2D eigenvalue weighted by molar-refractivity contribution is 0.670. The van der Waals surface area contributed by atoms with Gasteiger partial charge in [-0.1, -0.05) is 182 Å². The summed E-state index contributed by atoms with van der Waals surface area (Å²) in [5, 5.41) is 2.27. The van der Waals surface area contributed by atoms with Crippen molar-refractivity contribution >= 4 is 44.6 Å². The van der Waals surface area contributed by atoms with Crippen molar-refractivity contribution in [2.45, 2.75) is 5.92 Å². The first-order valence-corrected chi connectivity index (χ1v) is 18.7. The first-order valence-electron chi connectivity index (χ1n) is 18.7. The van der Waals surface area contributed by atoms with E-state index in [1.165, 1.54) is 33.4 Å². The first-order chi connectivity index (χ1) is 26.8. The molecule has 0 saturated carbocycles. The smallest absolute Gasteiger partial charge is 0.143 e. The third-order valence-electron chi connectivity index (χ3n) is 10.9. The van der Waals surface area contributed by atoms with Crippen molar-refractivity contribution < 1.29 is 4.42 Å². The van der Waals surface area contributed by atoms with Gasteiger partial charge in [0.25, 0.3) is 0 Å². The first kappa shape index (κ1) is 31.8. The summed E-state index contributed by atoms with van der Waals surface area (Å²) < 4.78 is 6.46. The van der Waals surface area contributed by atoms with Crippen molar-refractivity contribution in [3.05, 3.63) is 229 Å². The molecule has 2 heteroatoms. The molecule has 0 N–H and O–H groups in total. The van der Waals surface area contributed by atoms with Crippen LogP contribution in [0.2, 0.25) is 0 Å². The number of anilines is 3. The van der Waals surface area contributed by atoms with E-state index in [0.29, 0.717) is 0 Å². The SMILES string of the molecule is C1=CC2=CC=CC(c3ccccc3N(c3ccc(-c4cccc5c4oc4ccccc45)cc3)c3ccccc3-c3ccccc3)C2C(c2ccccc2)=C1. The maximum absolute atomic E-state index is 6.46. The molecule has 256 valence electrons. The van der Waals surface area contributed by atoms with Gasteiger partial charge in [-0.25, -0.2) is 0 Å². The second-order valence-electron chi connectivity index (χ2n) is 14.0. The topological polar surface area (TPSA) is 16.4 Å². The maximum atomic E-state index is 6.46. The van der Waals surface area contributed by atoms with Crippen molar-refractivity contribution in [2.24, 2.45) is 5.92 Å². The van der Waals surface area contributed by atoms with Crippen molar-refractivity contribution in [2.75, 3.05) is 4.90 Å². The lowest BCUT2D eigenvalue weighted by atomic mass is 9.70. The summed E-state index contributed by atoms with van der Waals surface area (Å²) in [5.74, 6) is 0.301. The fraction of sp³-hybridized carbons (Fsp3) is 0.0385. The number of fused-ring (bicyclic) bond motifs is 4. The minimum Gasteiger partial charge on any atom is -0.455 e. The molecule has 0 radical (unpaired) electrons. The van der Waals surface area contributed by atoms with Gasteiger partial charge in [0, 0.05) is 45.1 Å². The van der Waals surface area contributed by atoms with Crippen LogP contribution in [0.15, 0.2) is 222 Å². The van der Waals surface area contributed by atoms with Gasteiger partial charge >= 0.3 is 0 Å². The molecule has 1 aromatic heterocycles. The molecule has 7 aromatic carbocycles. The molecule has 2 unspecified atom stereocenters. The Morgan fingerprint density at radius 2 is 1.11 bits per heavy atom. The predicted molar refractivity (Wildman–Crippen MR) is 226 cm³/mol. The molecule has 0 fully saturated rings. The van der Waals surface area contributed by atoms with Crippen LogP contribution < -0.4 is 4.90 Å². The number of hydrogen-bond donors (Lipinski definition) is 0. The van der Waals surface area contributed by atoms with E-state index < -0.39 is 0 Å². The Bertz CT molecular complexity index is 2760. The summed E-state index contributed by atoms with van der Waals surface area (Å²) >= 11 is 0. The highest BCUT2D eigenvalue weighted by Crippen LogP contribution is 2.50. The summed E-state index contributed by atoms with van der Waals surface area (Å²) in [7, 11) is 0. The van der Waals surface area contributed by atoms with Crippen LogP contribution in [0.3, 0.4) is 0 Å². The molecule has 8 aromatic rings. The van der Waals surface area contributed by atoms with Crippen molar-refractivity contribution in [1.29, 1.82) is 0 Å². The van der Waals surface area contributed by atoms with Crippen LogP contribution in [-0.4, -0.2) is 0 Å². The molecular formula is C52H37NO. The van der Waals surface area contributed by atoms with Crippen LogP contribution in [0.5, 0.6) is 0 Å². The Balaban J connectivity index is 1.14. The molecule has 2 atom stereocenters. The fourth-order valence-corrected chi connectivity index (χ4v) is 8.47. The Hall–Kier alpha value is -6.90. The van der Waals surface area contributed by atoms with Gasteiger partial charge in [0.2, 0.25) is 0 Å². The number of para-hydroxylation sites is 4. The van der Waals surface area contributed by atoms with Gasteiger partial charge in [-0.05, 0) is 63.7 Å². The summed E-state index contributed by atoms with van der Waals surface area (Å²) in [6.45, 7) is 0. The molecule has 0 spiro atoms. The van der Waals surface area contributed by atoms with Gasteiger partial charge in [-0.2, -0.15) is 0 Å². The molecule has 1 heterocycles. The van der Waals surface area contributed by atoms with E-state index in [2.05, 4.69) is 205 Å². The van der Waals surface area contributed by atoms with Gasteiger partial charge in [-0.3, -0.25) is 0 Å². The molecule has 54 heavy (non-hydrogen) atoms. The van der Waals surface area contributed by atoms with E-state index in [1.54, 1.807) is 0 Å². The highest BCUT2D eigenvalue weighted by atomic mass is 16.3. The van der Waals surface area contributed by atoms with Gasteiger partial charge in [0.15, 0.2) is 0 Å². The van der Waals surface area contributed by atoms with Crippen LogP contribution in [0.1, 0.15) is 17.0 Å². The average Bonchev–Trinajstić information content (AvgIpc) is 3.64. The minimum atomic E-state index is 0.119. The van der Waals surface area contributed by atoms with E-state index in [9.17, 15) is 0 Å². The molecule has 0 amide bonds. The Kier molecular flexibility index (Phi) is 8.00. The van der Waals surface area contributed by atoms with Crippen LogP contribution in [0.4, 0.5) is 17.1 Å². The molecule has 0 aliphatic heterocycles. The second kappa shape index (κ2) is 13.6. The standard InChI is InChI=1S/C52H37NO/c1-3-16-36(17-4-1)41-22-7-10-29-48(41)53(40-34-32-38(33-35-40)43-26-15-28-47-45-24-9-12-31-50(45)54-52(43)47)49-30-11-8-23-44(49)46-27-14-21-39-20-13-25-42(51(39)46)37-18-5-2-6-19-37/h1-35,46,51H. The van der Waals surface area contributed by atoms with Gasteiger partial charge in [0.1, 0.15) is 11.2 Å². The van der Waals surface area contributed by atoms with Crippen molar-refractivity contribution in [1.82, 2.24) is 0 Å². The highest BCUT2D eigenvalue weighted by molar-refractivity contribution is 6.09. The van der Waals surface area contributed by atoms with Crippen LogP contribution >= 0.6 is 0 Å². The molecule has 2 nitrogen and oxygen atoms in total. The zero-order valence-corrected chi connectivity index (χ0v) is 29.7. The van der Waals surface area contributed by atoms with Crippen LogP contribution in [0, 0.1) is 5.92 Å². The highest BCUT2D eigenvalue weighted by Gasteiger charge is 2.33. The molecule has 0 bridgehead atoms. The predicted octanol–water partition coefficient (Wildman–Crippen LogP) is 14.2. The number of furan rings is 1. The van der Waals surface area contributed by atoms with Crippen molar-refractivity contribution in [3.8, 4) is 22.3 Å². The Morgan fingerprint density at radius 3 is 1.94 bits per heavy atom. The van der Waals surface area contributed by atoms with Crippen LogP contribution in [-0.2, 0) is 0 Å². The van der Waals surface area contributed by atoms with E-state index in [4.69, 9.17) is 4.42 Å². The normalized spacial score (nSPS) is 16.2. The molecule has 0 saturated heterocycles. The number of nitrogens with zero attached hydrogens (tertiary/aromatic N) is 1. The summed E-state index contributed by atoms with van der Waals surface area (Å²) in [5.41, 5.74) is 15.0. The number of rotatable bonds is 7. The van der Waals surface area contributed by atoms with Crippen LogP contribution in [0.25, 0.3) is 49.8 Å². The maximum Gasteiger partial charge on any atom is 0.143 e. The zero-order chi connectivity index (χ0) is 35.8. The van der Waals surface area contributed by atoms with E-state index in [-0.39, 0.29) is 11.8 Å². The number of benzene rings is 7. The number of allylic oxidation sites excluding steroid dienone is 8. The fourth-order valence-electron chi connectivity index (χ4n) is 8.47. The molecule has 2 aliphatic carbocycles. The quantitative estimate of drug-likeness (QED) is 0.165. The molecule has 10 rings (SSSR count).